The lowest BCUT2D eigenvalue weighted by Gasteiger charge is -2.25. The van der Waals surface area contributed by atoms with E-state index in [4.69, 9.17) is 0 Å². The van der Waals surface area contributed by atoms with Crippen LogP contribution in [0.4, 0.5) is 5.69 Å². The molecule has 0 spiro atoms. The zero-order valence-corrected chi connectivity index (χ0v) is 15.6. The van der Waals surface area contributed by atoms with Crippen LogP contribution in [0.5, 0.6) is 5.75 Å². The van der Waals surface area contributed by atoms with Crippen molar-refractivity contribution in [2.45, 2.75) is 78.1 Å². The Morgan fingerprint density at radius 3 is 1.88 bits per heavy atom. The number of nitrogens with zero attached hydrogens (tertiary/aromatic N) is 1. The van der Waals surface area contributed by atoms with E-state index in [9.17, 15) is 9.90 Å². The average Bonchev–Trinajstić information content (AvgIpc) is 2.59. The third-order valence-corrected chi connectivity index (χ3v) is 4.49. The number of phenolic OH excluding ortho intramolecular Hbond substituents is 1. The molecule has 3 nitrogen and oxygen atoms in total. The summed E-state index contributed by atoms with van der Waals surface area (Å²) in [6.45, 7) is 6.46. The van der Waals surface area contributed by atoms with Crippen molar-refractivity contribution < 1.29 is 9.90 Å². The lowest BCUT2D eigenvalue weighted by molar-refractivity contribution is 0.112. The van der Waals surface area contributed by atoms with Crippen molar-refractivity contribution in [3.8, 4) is 5.75 Å². The fourth-order valence-corrected chi connectivity index (χ4v) is 3.05. The van der Waals surface area contributed by atoms with Crippen molar-refractivity contribution in [1.82, 2.24) is 0 Å². The lowest BCUT2D eigenvalue weighted by atomic mass is 10.1. The van der Waals surface area contributed by atoms with Gasteiger partial charge >= 0.3 is 0 Å². The molecule has 0 bridgehead atoms. The molecule has 0 fully saturated rings. The number of aromatic hydroxyl groups is 1. The molecular weight excluding hydrogens is 298 g/mol. The summed E-state index contributed by atoms with van der Waals surface area (Å²) >= 11 is 0. The monoisotopic (exact) mass is 333 g/mol. The fourth-order valence-electron chi connectivity index (χ4n) is 3.05. The number of aldehydes is 1. The average molecular weight is 334 g/mol. The van der Waals surface area contributed by atoms with Crippen molar-refractivity contribution >= 4 is 12.0 Å². The normalized spacial score (nSPS) is 10.8. The predicted octanol–water partition coefficient (Wildman–Crippen LogP) is 5.95. The second kappa shape index (κ2) is 12.9. The number of hydrogen-bond donors (Lipinski definition) is 1. The Morgan fingerprint density at radius 1 is 0.833 bits per heavy atom. The number of carbonyl (C=O) groups is 1. The van der Waals surface area contributed by atoms with Crippen molar-refractivity contribution in [2.75, 3.05) is 18.0 Å². The van der Waals surface area contributed by atoms with E-state index in [2.05, 4.69) is 18.7 Å². The van der Waals surface area contributed by atoms with Gasteiger partial charge in [-0.15, -0.1) is 0 Å². The standard InChI is InChI=1S/C21H35NO2/c1-3-5-7-9-11-13-22(14-12-10-8-6-4-2)20-15-19(18-23)16-21(24)17-20/h15-18,24H,3-14H2,1-2H3. The van der Waals surface area contributed by atoms with Gasteiger partial charge in [-0.1, -0.05) is 65.2 Å². The topological polar surface area (TPSA) is 40.5 Å². The molecule has 0 saturated heterocycles. The van der Waals surface area contributed by atoms with Crippen LogP contribution in [0.2, 0.25) is 0 Å². The van der Waals surface area contributed by atoms with Gasteiger partial charge in [-0.05, 0) is 25.0 Å². The van der Waals surface area contributed by atoms with Gasteiger partial charge in [0, 0.05) is 30.4 Å². The van der Waals surface area contributed by atoms with Crippen LogP contribution in [0, 0.1) is 0 Å². The molecule has 136 valence electrons. The van der Waals surface area contributed by atoms with Gasteiger partial charge in [-0.2, -0.15) is 0 Å². The summed E-state index contributed by atoms with van der Waals surface area (Å²) in [5.74, 6) is 0.177. The molecule has 0 aliphatic rings. The third-order valence-electron chi connectivity index (χ3n) is 4.49. The summed E-state index contributed by atoms with van der Waals surface area (Å²) < 4.78 is 0. The molecule has 1 aromatic rings. The largest absolute Gasteiger partial charge is 0.508 e. The maximum Gasteiger partial charge on any atom is 0.150 e. The Hall–Kier alpha value is -1.51. The molecule has 0 radical (unpaired) electrons. The lowest BCUT2D eigenvalue weighted by Crippen LogP contribution is -2.25. The summed E-state index contributed by atoms with van der Waals surface area (Å²) in [6, 6.07) is 5.20. The van der Waals surface area contributed by atoms with Crippen LogP contribution in [0.25, 0.3) is 0 Å². The molecular formula is C21H35NO2. The predicted molar refractivity (Wildman–Crippen MR) is 103 cm³/mol. The maximum atomic E-state index is 11.1. The molecule has 1 aromatic carbocycles. The zero-order valence-electron chi connectivity index (χ0n) is 15.6. The first kappa shape index (κ1) is 20.5. The first-order valence-corrected chi connectivity index (χ1v) is 9.75. The SMILES string of the molecule is CCCCCCCN(CCCCCCC)c1cc(O)cc(C=O)c1. The van der Waals surface area contributed by atoms with E-state index in [1.807, 2.05) is 6.07 Å². The van der Waals surface area contributed by atoms with E-state index in [1.165, 1.54) is 70.3 Å². The minimum atomic E-state index is 0.177. The zero-order chi connectivity index (χ0) is 17.6. The second-order valence-electron chi connectivity index (χ2n) is 6.72. The quantitative estimate of drug-likeness (QED) is 0.338. The molecule has 0 aromatic heterocycles. The summed E-state index contributed by atoms with van der Waals surface area (Å²) in [4.78, 5) is 13.4. The van der Waals surface area contributed by atoms with Gasteiger partial charge in [0.2, 0.25) is 0 Å². The highest BCUT2D eigenvalue weighted by molar-refractivity contribution is 5.78. The Kier molecular flexibility index (Phi) is 11.0. The van der Waals surface area contributed by atoms with Crippen LogP contribution in [-0.2, 0) is 0 Å². The van der Waals surface area contributed by atoms with E-state index >= 15 is 0 Å². The van der Waals surface area contributed by atoms with Crippen LogP contribution in [0.3, 0.4) is 0 Å². The van der Waals surface area contributed by atoms with Crippen molar-refractivity contribution in [1.29, 1.82) is 0 Å². The first-order chi connectivity index (χ1) is 11.7. The van der Waals surface area contributed by atoms with Gasteiger partial charge < -0.3 is 10.0 Å². The Morgan fingerprint density at radius 2 is 1.38 bits per heavy atom. The van der Waals surface area contributed by atoms with Gasteiger partial charge in [0.1, 0.15) is 12.0 Å². The number of carbonyl (C=O) groups excluding carboxylic acids is 1. The molecule has 1 rings (SSSR count). The molecule has 3 heteroatoms. The summed E-state index contributed by atoms with van der Waals surface area (Å²) in [5, 5.41) is 9.87. The summed E-state index contributed by atoms with van der Waals surface area (Å²) in [7, 11) is 0. The molecule has 0 saturated carbocycles. The van der Waals surface area contributed by atoms with Gasteiger partial charge in [0.25, 0.3) is 0 Å². The van der Waals surface area contributed by atoms with E-state index < -0.39 is 0 Å². The smallest absolute Gasteiger partial charge is 0.150 e. The van der Waals surface area contributed by atoms with Gasteiger partial charge in [0.15, 0.2) is 0 Å². The van der Waals surface area contributed by atoms with Crippen LogP contribution >= 0.6 is 0 Å². The fraction of sp³-hybridized carbons (Fsp3) is 0.667. The number of rotatable bonds is 14. The molecule has 24 heavy (non-hydrogen) atoms. The number of hydrogen-bond acceptors (Lipinski definition) is 3. The molecule has 0 heterocycles. The van der Waals surface area contributed by atoms with Crippen LogP contribution in [-0.4, -0.2) is 24.5 Å². The van der Waals surface area contributed by atoms with E-state index in [0.717, 1.165) is 25.1 Å². The number of anilines is 1. The van der Waals surface area contributed by atoms with E-state index in [-0.39, 0.29) is 5.75 Å². The molecule has 1 N–H and O–H groups in total. The van der Waals surface area contributed by atoms with Gasteiger partial charge in [-0.25, -0.2) is 0 Å². The van der Waals surface area contributed by atoms with Crippen LogP contribution in [0.1, 0.15) is 88.4 Å². The number of benzene rings is 1. The second-order valence-corrected chi connectivity index (χ2v) is 6.72. The molecule has 0 aliphatic carbocycles. The number of phenols is 1. The van der Waals surface area contributed by atoms with Crippen molar-refractivity contribution in [3.63, 3.8) is 0 Å². The minimum Gasteiger partial charge on any atom is -0.508 e. The molecule has 0 atom stereocenters. The van der Waals surface area contributed by atoms with Crippen molar-refractivity contribution in [2.24, 2.45) is 0 Å². The molecule has 0 aliphatic heterocycles. The number of unbranched alkanes of at least 4 members (excludes halogenated alkanes) is 8. The maximum absolute atomic E-state index is 11.1. The van der Waals surface area contributed by atoms with Gasteiger partial charge in [0.05, 0.1) is 0 Å². The summed E-state index contributed by atoms with van der Waals surface area (Å²) in [6.07, 6.45) is 13.4. The molecule has 0 unspecified atom stereocenters. The molecule has 0 amide bonds. The van der Waals surface area contributed by atoms with E-state index in [0.29, 0.717) is 5.56 Å². The van der Waals surface area contributed by atoms with Crippen LogP contribution < -0.4 is 4.90 Å². The highest BCUT2D eigenvalue weighted by Gasteiger charge is 2.09. The summed E-state index contributed by atoms with van der Waals surface area (Å²) in [5.41, 5.74) is 1.52. The Balaban J connectivity index is 2.61. The highest BCUT2D eigenvalue weighted by Crippen LogP contribution is 2.24. The Labute approximate surface area is 148 Å². The van der Waals surface area contributed by atoms with Crippen LogP contribution in [0.15, 0.2) is 18.2 Å². The third kappa shape index (κ3) is 8.37. The van der Waals surface area contributed by atoms with Gasteiger partial charge in [-0.3, -0.25) is 4.79 Å². The Bertz CT molecular complexity index is 445. The minimum absolute atomic E-state index is 0.177. The first-order valence-electron chi connectivity index (χ1n) is 9.75. The van der Waals surface area contributed by atoms with E-state index in [1.54, 1.807) is 6.07 Å². The highest BCUT2D eigenvalue weighted by atomic mass is 16.3. The van der Waals surface area contributed by atoms with Crippen molar-refractivity contribution in [3.05, 3.63) is 23.8 Å².